The molecule has 1 aromatic heterocycles. The summed E-state index contributed by atoms with van der Waals surface area (Å²) in [5, 5.41) is 7.18. The minimum absolute atomic E-state index is 0.0943. The van der Waals surface area contributed by atoms with Gasteiger partial charge in [-0.25, -0.2) is 4.68 Å². The van der Waals surface area contributed by atoms with Crippen molar-refractivity contribution in [2.45, 2.75) is 12.5 Å². The Bertz CT molecular complexity index is 874. The first-order chi connectivity index (χ1) is 12.3. The van der Waals surface area contributed by atoms with Gasteiger partial charge in [-0.1, -0.05) is 30.3 Å². The molecule has 0 saturated carbocycles. The summed E-state index contributed by atoms with van der Waals surface area (Å²) in [6.07, 6.45) is 4.39. The number of ether oxygens (including phenoxy) is 1. The van der Waals surface area contributed by atoms with Crippen LogP contribution in [0, 0.1) is 0 Å². The predicted molar refractivity (Wildman–Crippen MR) is 94.7 cm³/mol. The molecule has 2 heterocycles. The van der Waals surface area contributed by atoms with Crippen LogP contribution >= 0.6 is 0 Å². The molecule has 1 amide bonds. The van der Waals surface area contributed by atoms with Crippen LogP contribution in [0.5, 0.6) is 0 Å². The molecule has 0 fully saturated rings. The van der Waals surface area contributed by atoms with Gasteiger partial charge in [0.25, 0.3) is 5.91 Å². The molecule has 0 aliphatic carbocycles. The Morgan fingerprint density at radius 1 is 1.20 bits per heavy atom. The van der Waals surface area contributed by atoms with Crippen LogP contribution in [0.3, 0.4) is 0 Å². The lowest BCUT2D eigenvalue weighted by atomic mass is 9.97. The number of aromatic nitrogens is 2. The first-order valence-corrected chi connectivity index (χ1v) is 8.39. The Balaban J connectivity index is 1.46. The molecule has 1 unspecified atom stereocenters. The van der Waals surface area contributed by atoms with Crippen LogP contribution in [0.2, 0.25) is 0 Å². The summed E-state index contributed by atoms with van der Waals surface area (Å²) in [4.78, 5) is 12.5. The molecule has 4 rings (SSSR count). The quantitative estimate of drug-likeness (QED) is 0.799. The first-order valence-electron chi connectivity index (χ1n) is 8.39. The van der Waals surface area contributed by atoms with E-state index >= 15 is 0 Å². The monoisotopic (exact) mass is 333 g/mol. The summed E-state index contributed by atoms with van der Waals surface area (Å²) >= 11 is 0. The van der Waals surface area contributed by atoms with Crippen LogP contribution in [0.1, 0.15) is 27.6 Å². The van der Waals surface area contributed by atoms with Gasteiger partial charge in [-0.05, 0) is 41.8 Å². The molecular formula is C20H19N3O2. The Morgan fingerprint density at radius 3 is 3.00 bits per heavy atom. The number of amides is 1. The Morgan fingerprint density at radius 2 is 2.12 bits per heavy atom. The van der Waals surface area contributed by atoms with Crippen LogP contribution < -0.4 is 5.32 Å². The summed E-state index contributed by atoms with van der Waals surface area (Å²) < 4.78 is 7.58. The second kappa shape index (κ2) is 6.91. The van der Waals surface area contributed by atoms with Crippen molar-refractivity contribution in [1.29, 1.82) is 0 Å². The van der Waals surface area contributed by atoms with Gasteiger partial charge in [-0.2, -0.15) is 5.10 Å². The second-order valence-corrected chi connectivity index (χ2v) is 6.02. The fraction of sp³-hybridized carbons (Fsp3) is 0.200. The standard InChI is InChI=1S/C20H19N3O2/c24-20(16-6-3-7-17(13-16)23-11-4-10-22-23)21-14-19-18-8-2-1-5-15(18)9-12-25-19/h1-8,10-11,13,19H,9,12,14H2,(H,21,24). The normalized spacial score (nSPS) is 16.2. The molecule has 126 valence electrons. The summed E-state index contributed by atoms with van der Waals surface area (Å²) in [6, 6.07) is 17.5. The van der Waals surface area contributed by atoms with Crippen LogP contribution in [-0.4, -0.2) is 28.8 Å². The fourth-order valence-corrected chi connectivity index (χ4v) is 3.14. The van der Waals surface area contributed by atoms with Gasteiger partial charge in [0.2, 0.25) is 0 Å². The molecule has 0 saturated heterocycles. The highest BCUT2D eigenvalue weighted by molar-refractivity contribution is 5.94. The fourth-order valence-electron chi connectivity index (χ4n) is 3.14. The highest BCUT2D eigenvalue weighted by atomic mass is 16.5. The van der Waals surface area contributed by atoms with Gasteiger partial charge in [-0.3, -0.25) is 4.79 Å². The molecule has 5 heteroatoms. The minimum atomic E-state index is -0.110. The number of nitrogens with one attached hydrogen (secondary N) is 1. The zero-order valence-electron chi connectivity index (χ0n) is 13.8. The van der Waals surface area contributed by atoms with Gasteiger partial charge in [0.15, 0.2) is 0 Å². The van der Waals surface area contributed by atoms with E-state index in [0.29, 0.717) is 18.7 Å². The van der Waals surface area contributed by atoms with Crippen molar-refractivity contribution in [2.24, 2.45) is 0 Å². The average molecular weight is 333 g/mol. The highest BCUT2D eigenvalue weighted by Crippen LogP contribution is 2.26. The van der Waals surface area contributed by atoms with Crippen molar-refractivity contribution >= 4 is 5.91 Å². The van der Waals surface area contributed by atoms with Crippen LogP contribution in [-0.2, 0) is 11.2 Å². The molecule has 0 spiro atoms. The predicted octanol–water partition coefficient (Wildman–Crippen LogP) is 2.92. The minimum Gasteiger partial charge on any atom is -0.371 e. The number of rotatable bonds is 4. The summed E-state index contributed by atoms with van der Waals surface area (Å²) in [5.74, 6) is -0.110. The Hall–Kier alpha value is -2.92. The molecule has 1 atom stereocenters. The van der Waals surface area contributed by atoms with E-state index in [1.54, 1.807) is 16.9 Å². The zero-order chi connectivity index (χ0) is 17.1. The van der Waals surface area contributed by atoms with Gasteiger partial charge in [0.05, 0.1) is 12.3 Å². The number of hydrogen-bond acceptors (Lipinski definition) is 3. The molecule has 25 heavy (non-hydrogen) atoms. The maximum atomic E-state index is 12.5. The van der Waals surface area contributed by atoms with E-state index in [4.69, 9.17) is 4.74 Å². The van der Waals surface area contributed by atoms with E-state index in [-0.39, 0.29) is 12.0 Å². The van der Waals surface area contributed by atoms with Gasteiger partial charge < -0.3 is 10.1 Å². The van der Waals surface area contributed by atoms with Crippen molar-refractivity contribution < 1.29 is 9.53 Å². The molecule has 1 aliphatic rings. The molecular weight excluding hydrogens is 314 g/mol. The van der Waals surface area contributed by atoms with Crippen LogP contribution in [0.15, 0.2) is 67.0 Å². The van der Waals surface area contributed by atoms with E-state index < -0.39 is 0 Å². The van der Waals surface area contributed by atoms with Crippen molar-refractivity contribution in [2.75, 3.05) is 13.2 Å². The Labute approximate surface area is 146 Å². The molecule has 1 N–H and O–H groups in total. The van der Waals surface area contributed by atoms with Crippen molar-refractivity contribution in [3.05, 3.63) is 83.7 Å². The molecule has 3 aromatic rings. The average Bonchev–Trinajstić information content (AvgIpc) is 3.21. The van der Waals surface area contributed by atoms with E-state index in [9.17, 15) is 4.79 Å². The lowest BCUT2D eigenvalue weighted by Gasteiger charge is -2.26. The van der Waals surface area contributed by atoms with E-state index in [2.05, 4.69) is 22.5 Å². The molecule has 5 nitrogen and oxygen atoms in total. The lowest BCUT2D eigenvalue weighted by molar-refractivity contribution is 0.0411. The summed E-state index contributed by atoms with van der Waals surface area (Å²) in [5.41, 5.74) is 3.93. The second-order valence-electron chi connectivity index (χ2n) is 6.02. The SMILES string of the molecule is O=C(NCC1OCCc2ccccc21)c1cccc(-n2cccn2)c1. The highest BCUT2D eigenvalue weighted by Gasteiger charge is 2.21. The van der Waals surface area contributed by atoms with Gasteiger partial charge in [0, 0.05) is 24.5 Å². The third-order valence-corrected chi connectivity index (χ3v) is 4.42. The number of nitrogens with zero attached hydrogens (tertiary/aromatic N) is 2. The molecule has 1 aliphatic heterocycles. The summed E-state index contributed by atoms with van der Waals surface area (Å²) in [6.45, 7) is 1.15. The number of hydrogen-bond donors (Lipinski definition) is 1. The maximum absolute atomic E-state index is 12.5. The number of benzene rings is 2. The van der Waals surface area contributed by atoms with E-state index in [1.807, 2.05) is 42.6 Å². The van der Waals surface area contributed by atoms with Gasteiger partial charge in [-0.15, -0.1) is 0 Å². The van der Waals surface area contributed by atoms with Crippen molar-refractivity contribution in [3.63, 3.8) is 0 Å². The van der Waals surface area contributed by atoms with Crippen LogP contribution in [0.25, 0.3) is 5.69 Å². The molecule has 2 aromatic carbocycles. The van der Waals surface area contributed by atoms with Crippen molar-refractivity contribution in [3.8, 4) is 5.69 Å². The molecule has 0 radical (unpaired) electrons. The zero-order valence-corrected chi connectivity index (χ0v) is 13.8. The van der Waals surface area contributed by atoms with Gasteiger partial charge >= 0.3 is 0 Å². The smallest absolute Gasteiger partial charge is 0.251 e. The number of carbonyl (C=O) groups is 1. The van der Waals surface area contributed by atoms with Crippen molar-refractivity contribution in [1.82, 2.24) is 15.1 Å². The first kappa shape index (κ1) is 15.6. The molecule has 0 bridgehead atoms. The van der Waals surface area contributed by atoms with Crippen LogP contribution in [0.4, 0.5) is 0 Å². The van der Waals surface area contributed by atoms with Gasteiger partial charge in [0.1, 0.15) is 6.10 Å². The van der Waals surface area contributed by atoms with E-state index in [0.717, 1.165) is 12.1 Å². The van der Waals surface area contributed by atoms with E-state index in [1.165, 1.54) is 11.1 Å². The Kier molecular flexibility index (Phi) is 4.31. The summed E-state index contributed by atoms with van der Waals surface area (Å²) in [7, 11) is 0. The topological polar surface area (TPSA) is 56.1 Å². The third-order valence-electron chi connectivity index (χ3n) is 4.42. The maximum Gasteiger partial charge on any atom is 0.251 e. The third kappa shape index (κ3) is 3.32. The largest absolute Gasteiger partial charge is 0.371 e. The number of fused-ring (bicyclic) bond motifs is 1. The number of carbonyl (C=O) groups excluding carboxylic acids is 1. The lowest BCUT2D eigenvalue weighted by Crippen LogP contribution is -2.31.